The zero-order chi connectivity index (χ0) is 10.0. The van der Waals surface area contributed by atoms with Gasteiger partial charge in [-0.15, -0.1) is 0 Å². The molecule has 14 heavy (non-hydrogen) atoms. The maximum absolute atomic E-state index is 11.3. The molecule has 0 radical (unpaired) electrons. The van der Waals surface area contributed by atoms with Crippen molar-refractivity contribution in [2.24, 2.45) is 0 Å². The van der Waals surface area contributed by atoms with E-state index in [0.29, 0.717) is 13.1 Å². The highest BCUT2D eigenvalue weighted by Gasteiger charge is 2.36. The van der Waals surface area contributed by atoms with Crippen LogP contribution in [0.1, 0.15) is 12.8 Å². The van der Waals surface area contributed by atoms with Crippen molar-refractivity contribution in [3.05, 3.63) is 30.3 Å². The molecule has 76 valence electrons. The Bertz CT molecular complexity index is 333. The predicted molar refractivity (Wildman–Crippen MR) is 56.1 cm³/mol. The van der Waals surface area contributed by atoms with E-state index in [9.17, 15) is 8.76 Å². The van der Waals surface area contributed by atoms with Gasteiger partial charge in [0, 0.05) is 25.0 Å². The van der Waals surface area contributed by atoms with Gasteiger partial charge in [-0.25, -0.2) is 8.10 Å². The van der Waals surface area contributed by atoms with Crippen molar-refractivity contribution < 1.29 is 8.76 Å². The van der Waals surface area contributed by atoms with Crippen LogP contribution in [0.4, 0.5) is 5.69 Å². The Kier molecular flexibility index (Phi) is 2.67. The van der Waals surface area contributed by atoms with E-state index in [2.05, 4.69) is 0 Å². The van der Waals surface area contributed by atoms with Crippen molar-refractivity contribution in [3.8, 4) is 0 Å². The van der Waals surface area contributed by atoms with Crippen LogP contribution in [0.5, 0.6) is 0 Å². The molecule has 1 heterocycles. The Morgan fingerprint density at radius 3 is 2.21 bits per heavy atom. The predicted octanol–water partition coefficient (Wildman–Crippen LogP) is 1.58. The van der Waals surface area contributed by atoms with E-state index in [0.717, 1.165) is 18.5 Å². The quantitative estimate of drug-likeness (QED) is 0.550. The Morgan fingerprint density at radius 2 is 1.71 bits per heavy atom. The summed E-state index contributed by atoms with van der Waals surface area (Å²) >= 11 is -2.06. The Hall–Kier alpha value is -0.710. The van der Waals surface area contributed by atoms with Gasteiger partial charge in [-0.05, 0) is 0 Å². The first-order valence-electron chi connectivity index (χ1n) is 4.78. The van der Waals surface area contributed by atoms with Crippen LogP contribution in [0.15, 0.2) is 30.3 Å². The summed E-state index contributed by atoms with van der Waals surface area (Å²) in [5.41, 5.74) is 0.887. The number of para-hydroxylation sites is 1. The lowest BCUT2D eigenvalue weighted by Crippen LogP contribution is -2.47. The smallest absolute Gasteiger partial charge is 0.153 e. The van der Waals surface area contributed by atoms with E-state index in [4.69, 9.17) is 0 Å². The van der Waals surface area contributed by atoms with E-state index in [1.165, 1.54) is 0 Å². The fraction of sp³-hybridized carbons (Fsp3) is 0.400. The first-order chi connectivity index (χ1) is 6.76. The van der Waals surface area contributed by atoms with Crippen LogP contribution >= 0.6 is 0 Å². The molecule has 1 unspecified atom stereocenters. The van der Waals surface area contributed by atoms with E-state index in [1.54, 1.807) is 0 Å². The maximum Gasteiger partial charge on any atom is 0.153 e. The summed E-state index contributed by atoms with van der Waals surface area (Å²) < 4.78 is 22.7. The van der Waals surface area contributed by atoms with Crippen LogP contribution in [-0.2, 0) is 11.3 Å². The summed E-state index contributed by atoms with van der Waals surface area (Å²) in [6.07, 6.45) is 1.98. The molecular formula is C10H13NO2S. The van der Waals surface area contributed by atoms with Crippen molar-refractivity contribution in [2.45, 2.75) is 12.8 Å². The molecule has 0 spiro atoms. The van der Waals surface area contributed by atoms with Crippen LogP contribution in [-0.4, -0.2) is 21.9 Å². The van der Waals surface area contributed by atoms with Crippen LogP contribution in [0.2, 0.25) is 0 Å². The summed E-state index contributed by atoms with van der Waals surface area (Å²) in [5, 5.41) is 0. The van der Waals surface area contributed by atoms with Gasteiger partial charge < -0.3 is 4.55 Å². The van der Waals surface area contributed by atoms with Crippen LogP contribution in [0.3, 0.4) is 0 Å². The van der Waals surface area contributed by atoms with Crippen molar-refractivity contribution >= 4 is 17.0 Å². The summed E-state index contributed by atoms with van der Waals surface area (Å²) in [5.74, 6) is 0. The SMILES string of the molecule is O=S([O-])[N+]1(c2ccccc2)CCCC1. The Labute approximate surface area is 86.4 Å². The summed E-state index contributed by atoms with van der Waals surface area (Å²) in [4.78, 5) is 0. The molecule has 1 fully saturated rings. The van der Waals surface area contributed by atoms with Crippen molar-refractivity contribution in [3.63, 3.8) is 0 Å². The fourth-order valence-corrected chi connectivity index (χ4v) is 2.89. The molecule has 1 aliphatic rings. The van der Waals surface area contributed by atoms with E-state index < -0.39 is 11.3 Å². The third-order valence-corrected chi connectivity index (χ3v) is 3.95. The molecule has 1 saturated heterocycles. The average molecular weight is 211 g/mol. The monoisotopic (exact) mass is 211 g/mol. The van der Waals surface area contributed by atoms with Gasteiger partial charge in [0.2, 0.25) is 0 Å². The number of hydrogen-bond acceptors (Lipinski definition) is 2. The number of benzene rings is 1. The molecule has 4 heteroatoms. The molecule has 0 aliphatic carbocycles. The Balaban J connectivity index is 2.42. The zero-order valence-corrected chi connectivity index (χ0v) is 8.70. The zero-order valence-electron chi connectivity index (χ0n) is 7.89. The second kappa shape index (κ2) is 3.81. The first-order valence-corrected chi connectivity index (χ1v) is 5.81. The topological polar surface area (TPSA) is 40.1 Å². The highest BCUT2D eigenvalue weighted by atomic mass is 32.2. The van der Waals surface area contributed by atoms with Crippen LogP contribution in [0.25, 0.3) is 0 Å². The van der Waals surface area contributed by atoms with E-state index in [1.807, 2.05) is 30.3 Å². The van der Waals surface area contributed by atoms with Crippen molar-refractivity contribution in [1.29, 1.82) is 0 Å². The minimum atomic E-state index is -2.06. The number of nitrogens with zero attached hydrogens (tertiary/aromatic N) is 1. The average Bonchev–Trinajstić information content (AvgIpc) is 2.69. The third kappa shape index (κ3) is 1.49. The number of rotatable bonds is 2. The number of hydrogen-bond donors (Lipinski definition) is 0. The van der Waals surface area contributed by atoms with Crippen molar-refractivity contribution in [2.75, 3.05) is 13.1 Å². The molecule has 0 bridgehead atoms. The third-order valence-electron chi connectivity index (χ3n) is 2.80. The molecule has 1 aliphatic heterocycles. The summed E-state index contributed by atoms with van der Waals surface area (Å²) in [6.45, 7) is 1.42. The lowest BCUT2D eigenvalue weighted by Gasteiger charge is -2.33. The molecule has 1 aromatic rings. The van der Waals surface area contributed by atoms with Gasteiger partial charge in [0.15, 0.2) is 11.3 Å². The molecule has 0 amide bonds. The summed E-state index contributed by atoms with van der Waals surface area (Å²) in [7, 11) is 0. The largest absolute Gasteiger partial charge is 0.724 e. The minimum Gasteiger partial charge on any atom is -0.724 e. The van der Waals surface area contributed by atoms with E-state index >= 15 is 0 Å². The molecule has 1 atom stereocenters. The molecule has 0 saturated carbocycles. The minimum absolute atomic E-state index is 0.112. The van der Waals surface area contributed by atoms with Crippen LogP contribution < -0.4 is 3.89 Å². The normalized spacial score (nSPS) is 22.1. The van der Waals surface area contributed by atoms with Gasteiger partial charge in [0.1, 0.15) is 5.69 Å². The lowest BCUT2D eigenvalue weighted by atomic mass is 10.3. The van der Waals surface area contributed by atoms with Crippen LogP contribution in [0, 0.1) is 0 Å². The Morgan fingerprint density at radius 1 is 1.14 bits per heavy atom. The molecule has 0 aromatic heterocycles. The second-order valence-electron chi connectivity index (χ2n) is 3.60. The molecule has 0 N–H and O–H groups in total. The highest BCUT2D eigenvalue weighted by molar-refractivity contribution is 7.78. The van der Waals surface area contributed by atoms with Gasteiger partial charge in [-0.2, -0.15) is 0 Å². The van der Waals surface area contributed by atoms with Gasteiger partial charge in [0.25, 0.3) is 0 Å². The number of quaternary nitrogens is 1. The molecule has 1 aromatic carbocycles. The highest BCUT2D eigenvalue weighted by Crippen LogP contribution is 2.30. The fourth-order valence-electron chi connectivity index (χ4n) is 2.04. The standard InChI is InChI=1S/C10H13NO2S/c12-14(13)11(8-4-5-9-11)10-6-2-1-3-7-10/h1-3,6-7H,4-5,8-9H2. The van der Waals surface area contributed by atoms with E-state index in [-0.39, 0.29) is 3.89 Å². The second-order valence-corrected chi connectivity index (χ2v) is 4.73. The molecular weight excluding hydrogens is 198 g/mol. The van der Waals surface area contributed by atoms with Crippen molar-refractivity contribution in [1.82, 2.24) is 3.89 Å². The van der Waals surface area contributed by atoms with Gasteiger partial charge >= 0.3 is 0 Å². The molecule has 2 rings (SSSR count). The van der Waals surface area contributed by atoms with Gasteiger partial charge in [-0.1, -0.05) is 18.2 Å². The maximum atomic E-state index is 11.3. The lowest BCUT2D eigenvalue weighted by molar-refractivity contribution is 0.432. The van der Waals surface area contributed by atoms with Gasteiger partial charge in [0.05, 0.1) is 13.1 Å². The first kappa shape index (κ1) is 9.83. The molecule has 3 nitrogen and oxygen atoms in total. The summed E-state index contributed by atoms with van der Waals surface area (Å²) in [6, 6.07) is 9.47. The van der Waals surface area contributed by atoms with Gasteiger partial charge in [-0.3, -0.25) is 0 Å².